The van der Waals surface area contributed by atoms with Gasteiger partial charge in [0.1, 0.15) is 10.1 Å². The Morgan fingerprint density at radius 3 is 1.77 bits per heavy atom. The van der Waals surface area contributed by atoms with Crippen molar-refractivity contribution >= 4 is 28.3 Å². The van der Waals surface area contributed by atoms with Gasteiger partial charge < -0.3 is 10.0 Å². The highest BCUT2D eigenvalue weighted by molar-refractivity contribution is 8.22. The minimum atomic E-state index is -0.0905. The zero-order chi connectivity index (χ0) is 17.3. The van der Waals surface area contributed by atoms with Crippen LogP contribution < -0.4 is 0 Å². The Labute approximate surface area is 145 Å². The quantitative estimate of drug-likeness (QED) is 0.760. The van der Waals surface area contributed by atoms with E-state index in [9.17, 15) is 5.11 Å². The first-order valence-electron chi connectivity index (χ1n) is 7.55. The maximum Gasteiger partial charge on any atom is 0.136 e. The van der Waals surface area contributed by atoms with Crippen molar-refractivity contribution < 1.29 is 5.11 Å². The monoisotopic (exact) mass is 339 g/mol. The third-order valence-electron chi connectivity index (χ3n) is 3.51. The molecule has 0 bridgehead atoms. The summed E-state index contributed by atoms with van der Waals surface area (Å²) in [6.45, 7) is 12.8. The Morgan fingerprint density at radius 2 is 1.45 bits per heavy atom. The number of nitrogens with zero attached hydrogens (tertiary/aromatic N) is 1. The van der Waals surface area contributed by atoms with Crippen LogP contribution in [0.5, 0.6) is 5.75 Å². The summed E-state index contributed by atoms with van der Waals surface area (Å²) in [6, 6.07) is 4.24. The second-order valence-corrected chi connectivity index (χ2v) is 9.60. The molecule has 0 aliphatic heterocycles. The first kappa shape index (κ1) is 19.3. The van der Waals surface area contributed by atoms with Gasteiger partial charge in [-0.25, -0.2) is 0 Å². The van der Waals surface area contributed by atoms with Crippen LogP contribution in [0.2, 0.25) is 0 Å². The molecule has 22 heavy (non-hydrogen) atoms. The van der Waals surface area contributed by atoms with E-state index in [2.05, 4.69) is 53.7 Å². The summed E-state index contributed by atoms with van der Waals surface area (Å²) in [6.07, 6.45) is 0. The molecule has 0 spiro atoms. The Hall–Kier alpha value is -0.740. The van der Waals surface area contributed by atoms with Crippen LogP contribution in [0.3, 0.4) is 0 Å². The molecule has 124 valence electrons. The van der Waals surface area contributed by atoms with Crippen LogP contribution in [0.4, 0.5) is 0 Å². The van der Waals surface area contributed by atoms with E-state index in [4.69, 9.17) is 12.2 Å². The number of thiocarbonyl (C=S) groups is 1. The molecule has 0 amide bonds. The maximum atomic E-state index is 10.7. The van der Waals surface area contributed by atoms with E-state index in [0.29, 0.717) is 5.75 Å². The molecule has 0 aliphatic rings. The zero-order valence-electron chi connectivity index (χ0n) is 15.1. The molecular formula is C18H29NOS2. The Morgan fingerprint density at radius 1 is 1.05 bits per heavy atom. The number of rotatable bonds is 2. The highest BCUT2D eigenvalue weighted by Crippen LogP contribution is 2.40. The standard InChI is InChI=1S/C18H29NOS2/c1-17(2,3)13-9-12(11-22-16(21)19(7)8)10-14(15(13)20)18(4,5)6/h9-10,20H,11H2,1-8H3. The number of phenols is 1. The minimum absolute atomic E-state index is 0.0905. The second kappa shape index (κ2) is 6.79. The Kier molecular flexibility index (Phi) is 5.96. The summed E-state index contributed by atoms with van der Waals surface area (Å²) in [5.41, 5.74) is 3.04. The maximum absolute atomic E-state index is 10.7. The molecule has 0 radical (unpaired) electrons. The fourth-order valence-electron chi connectivity index (χ4n) is 2.20. The molecule has 4 heteroatoms. The average Bonchev–Trinajstić information content (AvgIpc) is 2.33. The van der Waals surface area contributed by atoms with Crippen LogP contribution in [-0.4, -0.2) is 28.4 Å². The summed E-state index contributed by atoms with van der Waals surface area (Å²) in [5, 5.41) is 10.7. The lowest BCUT2D eigenvalue weighted by atomic mass is 9.78. The molecule has 0 aliphatic carbocycles. The molecule has 1 N–H and O–H groups in total. The van der Waals surface area contributed by atoms with Crippen LogP contribution in [0, 0.1) is 0 Å². The van der Waals surface area contributed by atoms with Crippen LogP contribution in [0.25, 0.3) is 0 Å². The van der Waals surface area contributed by atoms with Gasteiger partial charge in [-0.05, 0) is 27.5 Å². The molecule has 2 nitrogen and oxygen atoms in total. The van der Waals surface area contributed by atoms with Crippen molar-refractivity contribution in [3.63, 3.8) is 0 Å². The van der Waals surface area contributed by atoms with Crippen LogP contribution >= 0.6 is 24.0 Å². The molecule has 0 atom stereocenters. The highest BCUT2D eigenvalue weighted by Gasteiger charge is 2.26. The Bertz CT molecular complexity index is 516. The van der Waals surface area contributed by atoms with Crippen molar-refractivity contribution in [3.05, 3.63) is 28.8 Å². The van der Waals surface area contributed by atoms with E-state index in [-0.39, 0.29) is 10.8 Å². The third-order valence-corrected chi connectivity index (χ3v) is 5.32. The van der Waals surface area contributed by atoms with Gasteiger partial charge in [0.25, 0.3) is 0 Å². The average molecular weight is 340 g/mol. The van der Waals surface area contributed by atoms with Crippen molar-refractivity contribution in [1.82, 2.24) is 4.90 Å². The zero-order valence-corrected chi connectivity index (χ0v) is 16.7. The third kappa shape index (κ3) is 4.88. The number of hydrogen-bond acceptors (Lipinski definition) is 3. The van der Waals surface area contributed by atoms with Gasteiger partial charge >= 0.3 is 0 Å². The lowest BCUT2D eigenvalue weighted by molar-refractivity contribution is 0.423. The Balaban J connectivity index is 3.27. The molecule has 0 saturated carbocycles. The lowest BCUT2D eigenvalue weighted by Crippen LogP contribution is -2.18. The first-order valence-corrected chi connectivity index (χ1v) is 8.94. The number of aromatic hydroxyl groups is 1. The summed E-state index contributed by atoms with van der Waals surface area (Å²) >= 11 is 7.01. The topological polar surface area (TPSA) is 23.5 Å². The van der Waals surface area contributed by atoms with Crippen molar-refractivity contribution in [2.75, 3.05) is 14.1 Å². The highest BCUT2D eigenvalue weighted by atomic mass is 32.2. The SMILES string of the molecule is CN(C)C(=S)SCc1cc(C(C)(C)C)c(O)c(C(C)(C)C)c1. The van der Waals surface area contributed by atoms with Gasteiger partial charge in [0.15, 0.2) is 0 Å². The molecule has 1 aromatic carbocycles. The number of thioether (sulfide) groups is 1. The van der Waals surface area contributed by atoms with Gasteiger partial charge in [0.05, 0.1) is 0 Å². The molecule has 0 unspecified atom stereocenters. The summed E-state index contributed by atoms with van der Waals surface area (Å²) in [7, 11) is 3.93. The van der Waals surface area contributed by atoms with Crippen LogP contribution in [0.15, 0.2) is 12.1 Å². The summed E-state index contributed by atoms with van der Waals surface area (Å²) in [4.78, 5) is 1.95. The summed E-state index contributed by atoms with van der Waals surface area (Å²) in [5.74, 6) is 1.26. The fraction of sp³-hybridized carbons (Fsp3) is 0.611. The smallest absolute Gasteiger partial charge is 0.136 e. The molecule has 0 aromatic heterocycles. The van der Waals surface area contributed by atoms with E-state index in [1.807, 2.05) is 19.0 Å². The van der Waals surface area contributed by atoms with Gasteiger partial charge in [-0.15, -0.1) is 0 Å². The predicted molar refractivity (Wildman–Crippen MR) is 103 cm³/mol. The molecule has 0 fully saturated rings. The first-order chi connectivity index (χ1) is 9.84. The summed E-state index contributed by atoms with van der Waals surface area (Å²) < 4.78 is 0.877. The van der Waals surface area contributed by atoms with E-state index < -0.39 is 0 Å². The van der Waals surface area contributed by atoms with E-state index >= 15 is 0 Å². The van der Waals surface area contributed by atoms with Crippen LogP contribution in [0.1, 0.15) is 58.2 Å². The van der Waals surface area contributed by atoms with Crippen LogP contribution in [-0.2, 0) is 16.6 Å². The second-order valence-electron chi connectivity index (χ2n) is 7.99. The molecule has 1 rings (SSSR count). The van der Waals surface area contributed by atoms with Crippen molar-refractivity contribution in [1.29, 1.82) is 0 Å². The van der Waals surface area contributed by atoms with Gasteiger partial charge in [-0.1, -0.05) is 77.7 Å². The number of phenolic OH excluding ortho intramolecular Hbond substituents is 1. The van der Waals surface area contributed by atoms with E-state index in [0.717, 1.165) is 21.2 Å². The molecule has 1 aromatic rings. The predicted octanol–water partition coefficient (Wildman–Crippen LogP) is 5.07. The largest absolute Gasteiger partial charge is 0.507 e. The number of benzene rings is 1. The van der Waals surface area contributed by atoms with Gasteiger partial charge in [0, 0.05) is 19.8 Å². The lowest BCUT2D eigenvalue weighted by Gasteiger charge is -2.28. The fourth-order valence-corrected chi connectivity index (χ4v) is 3.09. The minimum Gasteiger partial charge on any atom is -0.507 e. The van der Waals surface area contributed by atoms with Gasteiger partial charge in [-0.3, -0.25) is 0 Å². The molecular weight excluding hydrogens is 310 g/mol. The number of hydrogen-bond donors (Lipinski definition) is 1. The normalized spacial score (nSPS) is 12.4. The molecule has 0 saturated heterocycles. The van der Waals surface area contributed by atoms with Crippen molar-refractivity contribution in [3.8, 4) is 5.75 Å². The van der Waals surface area contributed by atoms with Gasteiger partial charge in [-0.2, -0.15) is 0 Å². The molecule has 0 heterocycles. The van der Waals surface area contributed by atoms with Crippen molar-refractivity contribution in [2.24, 2.45) is 0 Å². The van der Waals surface area contributed by atoms with Crippen molar-refractivity contribution in [2.45, 2.75) is 58.1 Å². The van der Waals surface area contributed by atoms with E-state index in [1.165, 1.54) is 5.56 Å². The van der Waals surface area contributed by atoms with Gasteiger partial charge in [0.2, 0.25) is 0 Å². The van der Waals surface area contributed by atoms with E-state index in [1.54, 1.807) is 11.8 Å².